The molecule has 2 aromatic carbocycles. The maximum atomic E-state index is 11.7. The van der Waals surface area contributed by atoms with Gasteiger partial charge in [-0.05, 0) is 42.3 Å². The first-order valence-electron chi connectivity index (χ1n) is 5.72. The van der Waals surface area contributed by atoms with E-state index in [1.54, 1.807) is 0 Å². The number of hydrogen-bond donors (Lipinski definition) is 0. The number of ketones is 1. The topological polar surface area (TPSA) is 26.3 Å². The second-order valence-corrected chi connectivity index (χ2v) is 4.85. The maximum absolute atomic E-state index is 11.7. The van der Waals surface area contributed by atoms with Gasteiger partial charge in [0.2, 0.25) is 5.78 Å². The Morgan fingerprint density at radius 3 is 2.72 bits per heavy atom. The Kier molecular flexibility index (Phi) is 2.60. The van der Waals surface area contributed by atoms with Crippen molar-refractivity contribution in [3.05, 3.63) is 52.5 Å². The van der Waals surface area contributed by atoms with Crippen LogP contribution in [0.2, 0.25) is 5.02 Å². The van der Waals surface area contributed by atoms with Crippen LogP contribution in [0.5, 0.6) is 5.75 Å². The second-order valence-electron chi connectivity index (χ2n) is 4.41. The molecule has 0 spiro atoms. The van der Waals surface area contributed by atoms with Crippen molar-refractivity contribution < 1.29 is 9.53 Å². The smallest absolute Gasteiger partial charge is 0.203 e. The van der Waals surface area contributed by atoms with E-state index in [2.05, 4.69) is 0 Å². The fourth-order valence-corrected chi connectivity index (χ4v) is 2.41. The van der Waals surface area contributed by atoms with Crippen molar-refractivity contribution >= 4 is 17.4 Å². The van der Waals surface area contributed by atoms with Gasteiger partial charge in [-0.3, -0.25) is 4.79 Å². The van der Waals surface area contributed by atoms with E-state index in [0.29, 0.717) is 16.3 Å². The molecule has 0 N–H and O–H groups in total. The molecule has 0 unspecified atom stereocenters. The standard InChI is InChI=1S/C15H11ClO2/c1-9-5-12(10-3-2-4-11(16)7-10)15-13(6-9)14(17)8-18-15/h2-7H,8H2,1H3. The first-order valence-corrected chi connectivity index (χ1v) is 6.09. The summed E-state index contributed by atoms with van der Waals surface area (Å²) >= 11 is 6.01. The van der Waals surface area contributed by atoms with Crippen molar-refractivity contribution in [1.82, 2.24) is 0 Å². The predicted octanol–water partition coefficient (Wildman–Crippen LogP) is 3.89. The van der Waals surface area contributed by atoms with Crippen molar-refractivity contribution in [2.75, 3.05) is 6.61 Å². The molecule has 2 nitrogen and oxygen atoms in total. The number of hydrogen-bond acceptors (Lipinski definition) is 2. The molecule has 0 saturated carbocycles. The average Bonchev–Trinajstić information content (AvgIpc) is 2.70. The zero-order chi connectivity index (χ0) is 12.7. The van der Waals surface area contributed by atoms with E-state index in [1.165, 1.54) is 0 Å². The molecule has 90 valence electrons. The first kappa shape index (κ1) is 11.3. The number of halogens is 1. The Hall–Kier alpha value is -1.80. The van der Waals surface area contributed by atoms with Crippen LogP contribution in [0.4, 0.5) is 0 Å². The minimum absolute atomic E-state index is 0.0389. The molecule has 0 radical (unpaired) electrons. The molecule has 2 aromatic rings. The van der Waals surface area contributed by atoms with Gasteiger partial charge in [0.05, 0.1) is 5.56 Å². The zero-order valence-electron chi connectivity index (χ0n) is 9.87. The molecular formula is C15H11ClO2. The van der Waals surface area contributed by atoms with E-state index in [9.17, 15) is 4.79 Å². The summed E-state index contributed by atoms with van der Waals surface area (Å²) in [6.45, 7) is 2.10. The zero-order valence-corrected chi connectivity index (χ0v) is 10.6. The van der Waals surface area contributed by atoms with Gasteiger partial charge in [0.25, 0.3) is 0 Å². The fourth-order valence-electron chi connectivity index (χ4n) is 2.22. The molecule has 1 aliphatic heterocycles. The minimum atomic E-state index is 0.0389. The van der Waals surface area contributed by atoms with Crippen LogP contribution in [0, 0.1) is 6.92 Å². The van der Waals surface area contributed by atoms with Crippen LogP contribution < -0.4 is 4.74 Å². The molecule has 0 bridgehead atoms. The number of carbonyl (C=O) groups is 1. The van der Waals surface area contributed by atoms with Crippen LogP contribution in [0.3, 0.4) is 0 Å². The van der Waals surface area contributed by atoms with Gasteiger partial charge in [0.1, 0.15) is 5.75 Å². The highest BCUT2D eigenvalue weighted by Crippen LogP contribution is 2.38. The van der Waals surface area contributed by atoms with Gasteiger partial charge in [0.15, 0.2) is 6.61 Å². The van der Waals surface area contributed by atoms with E-state index in [1.807, 2.05) is 43.3 Å². The summed E-state index contributed by atoms with van der Waals surface area (Å²) in [6, 6.07) is 11.5. The third-order valence-electron chi connectivity index (χ3n) is 3.02. The van der Waals surface area contributed by atoms with Crippen LogP contribution in [0.15, 0.2) is 36.4 Å². The van der Waals surface area contributed by atoms with E-state index in [4.69, 9.17) is 16.3 Å². The molecule has 0 aromatic heterocycles. The monoisotopic (exact) mass is 258 g/mol. The fraction of sp³-hybridized carbons (Fsp3) is 0.133. The quantitative estimate of drug-likeness (QED) is 0.776. The lowest BCUT2D eigenvalue weighted by molar-refractivity contribution is 0.0961. The Morgan fingerprint density at radius 1 is 1.17 bits per heavy atom. The van der Waals surface area contributed by atoms with Crippen LogP contribution in [-0.4, -0.2) is 12.4 Å². The molecule has 1 heterocycles. The number of fused-ring (bicyclic) bond motifs is 1. The maximum Gasteiger partial charge on any atom is 0.203 e. The number of Topliss-reactive ketones (excluding diaryl/α,β-unsaturated/α-hetero) is 1. The molecule has 18 heavy (non-hydrogen) atoms. The number of aryl methyl sites for hydroxylation is 1. The largest absolute Gasteiger partial charge is 0.484 e. The Morgan fingerprint density at radius 2 is 1.94 bits per heavy atom. The van der Waals surface area contributed by atoms with Crippen LogP contribution in [0.1, 0.15) is 15.9 Å². The highest BCUT2D eigenvalue weighted by Gasteiger charge is 2.25. The van der Waals surface area contributed by atoms with Gasteiger partial charge >= 0.3 is 0 Å². The number of ether oxygens (including phenoxy) is 1. The summed E-state index contributed by atoms with van der Waals surface area (Å²) in [5.74, 6) is 0.713. The molecule has 0 aliphatic carbocycles. The summed E-state index contributed by atoms with van der Waals surface area (Å²) in [6.07, 6.45) is 0. The summed E-state index contributed by atoms with van der Waals surface area (Å²) in [5.41, 5.74) is 3.61. The van der Waals surface area contributed by atoms with Gasteiger partial charge in [-0.25, -0.2) is 0 Å². The summed E-state index contributed by atoms with van der Waals surface area (Å²) < 4.78 is 5.50. The highest BCUT2D eigenvalue weighted by atomic mass is 35.5. The Bertz CT molecular complexity index is 647. The lowest BCUT2D eigenvalue weighted by Gasteiger charge is -2.09. The normalized spacial score (nSPS) is 13.3. The molecule has 0 atom stereocenters. The van der Waals surface area contributed by atoms with Crippen LogP contribution >= 0.6 is 11.6 Å². The number of rotatable bonds is 1. The average molecular weight is 259 g/mol. The van der Waals surface area contributed by atoms with E-state index in [-0.39, 0.29) is 12.4 Å². The molecule has 0 fully saturated rings. The van der Waals surface area contributed by atoms with E-state index < -0.39 is 0 Å². The molecule has 3 heteroatoms. The van der Waals surface area contributed by atoms with Gasteiger partial charge in [-0.2, -0.15) is 0 Å². The van der Waals surface area contributed by atoms with E-state index >= 15 is 0 Å². The SMILES string of the molecule is Cc1cc2c(c(-c3cccc(Cl)c3)c1)OCC2=O. The number of carbonyl (C=O) groups excluding carboxylic acids is 1. The lowest BCUT2D eigenvalue weighted by atomic mass is 9.98. The molecule has 0 amide bonds. The molecule has 1 aliphatic rings. The Balaban J connectivity index is 2.24. The highest BCUT2D eigenvalue weighted by molar-refractivity contribution is 6.30. The first-order chi connectivity index (χ1) is 8.65. The lowest BCUT2D eigenvalue weighted by Crippen LogP contribution is -1.98. The van der Waals surface area contributed by atoms with Crippen LogP contribution in [0.25, 0.3) is 11.1 Å². The van der Waals surface area contributed by atoms with Crippen molar-refractivity contribution in [3.8, 4) is 16.9 Å². The Labute approximate surface area is 110 Å². The van der Waals surface area contributed by atoms with Crippen molar-refractivity contribution in [2.45, 2.75) is 6.92 Å². The molecule has 0 saturated heterocycles. The van der Waals surface area contributed by atoms with Crippen molar-refractivity contribution in [1.29, 1.82) is 0 Å². The van der Waals surface area contributed by atoms with Gasteiger partial charge < -0.3 is 4.74 Å². The predicted molar refractivity (Wildman–Crippen MR) is 71.5 cm³/mol. The van der Waals surface area contributed by atoms with Crippen molar-refractivity contribution in [3.63, 3.8) is 0 Å². The molecular weight excluding hydrogens is 248 g/mol. The minimum Gasteiger partial charge on any atom is -0.484 e. The molecule has 3 rings (SSSR count). The number of benzene rings is 2. The second kappa shape index (κ2) is 4.14. The summed E-state index contributed by atoms with van der Waals surface area (Å²) in [5, 5.41) is 0.673. The van der Waals surface area contributed by atoms with Gasteiger partial charge in [0, 0.05) is 10.6 Å². The third kappa shape index (κ3) is 1.79. The summed E-state index contributed by atoms with van der Waals surface area (Å²) in [7, 11) is 0. The van der Waals surface area contributed by atoms with Gasteiger partial charge in [-0.1, -0.05) is 23.7 Å². The van der Waals surface area contributed by atoms with Crippen molar-refractivity contribution in [2.24, 2.45) is 0 Å². The third-order valence-corrected chi connectivity index (χ3v) is 3.25. The van der Waals surface area contributed by atoms with Crippen LogP contribution in [-0.2, 0) is 0 Å². The van der Waals surface area contributed by atoms with E-state index in [0.717, 1.165) is 16.7 Å². The van der Waals surface area contributed by atoms with Gasteiger partial charge in [-0.15, -0.1) is 0 Å². The summed E-state index contributed by atoms with van der Waals surface area (Å²) in [4.78, 5) is 11.7.